The Balaban J connectivity index is 1.63. The summed E-state index contributed by atoms with van der Waals surface area (Å²) < 4.78 is 11.3. The van der Waals surface area contributed by atoms with Crippen molar-refractivity contribution in [2.45, 2.75) is 25.5 Å². The smallest absolute Gasteiger partial charge is 0.261 e. The minimum absolute atomic E-state index is 0.0746. The Hall–Kier alpha value is -3.00. The molecule has 1 amide bonds. The zero-order chi connectivity index (χ0) is 16.9. The molecule has 1 heterocycles. The van der Waals surface area contributed by atoms with Gasteiger partial charge in [0.25, 0.3) is 5.91 Å². The largest absolute Gasteiger partial charge is 0.493 e. The van der Waals surface area contributed by atoms with Crippen LogP contribution in [0.25, 0.3) is 0 Å². The number of amides is 1. The lowest BCUT2D eigenvalue weighted by Crippen LogP contribution is -2.40. The van der Waals surface area contributed by atoms with Crippen molar-refractivity contribution in [1.82, 2.24) is 5.32 Å². The van der Waals surface area contributed by atoms with Crippen molar-refractivity contribution in [2.75, 3.05) is 6.61 Å². The number of nitrogens with one attached hydrogen (secondary N) is 1. The molecule has 2 aromatic carbocycles. The van der Waals surface area contributed by atoms with E-state index in [4.69, 9.17) is 14.7 Å². The Morgan fingerprint density at radius 1 is 1.29 bits per heavy atom. The van der Waals surface area contributed by atoms with Gasteiger partial charge in [-0.2, -0.15) is 5.26 Å². The molecule has 0 spiro atoms. The van der Waals surface area contributed by atoms with Crippen molar-refractivity contribution in [3.8, 4) is 17.6 Å². The molecule has 0 unspecified atom stereocenters. The first-order valence-corrected chi connectivity index (χ1v) is 7.86. The molecule has 5 heteroatoms. The lowest BCUT2D eigenvalue weighted by atomic mass is 10.0. The van der Waals surface area contributed by atoms with E-state index in [1.165, 1.54) is 0 Å². The van der Waals surface area contributed by atoms with Gasteiger partial charge in [-0.05, 0) is 37.3 Å². The third kappa shape index (κ3) is 3.49. The number of ether oxygens (including phenoxy) is 2. The monoisotopic (exact) mass is 322 g/mol. The molecule has 0 saturated carbocycles. The molecule has 1 aliphatic rings. The molecule has 0 bridgehead atoms. The maximum absolute atomic E-state index is 12.4. The summed E-state index contributed by atoms with van der Waals surface area (Å²) in [6, 6.07) is 16.4. The lowest BCUT2D eigenvalue weighted by molar-refractivity contribution is -0.128. The zero-order valence-corrected chi connectivity index (χ0v) is 13.4. The van der Waals surface area contributed by atoms with Crippen LogP contribution in [0.5, 0.6) is 11.5 Å². The first-order chi connectivity index (χ1) is 11.7. The first kappa shape index (κ1) is 15.9. The fourth-order valence-corrected chi connectivity index (χ4v) is 2.65. The topological polar surface area (TPSA) is 71.3 Å². The Morgan fingerprint density at radius 2 is 2.04 bits per heavy atom. The van der Waals surface area contributed by atoms with Crippen molar-refractivity contribution in [2.24, 2.45) is 0 Å². The van der Waals surface area contributed by atoms with Gasteiger partial charge in [0.15, 0.2) is 6.10 Å². The molecular formula is C19H18N2O3. The van der Waals surface area contributed by atoms with Gasteiger partial charge >= 0.3 is 0 Å². The van der Waals surface area contributed by atoms with Crippen molar-refractivity contribution in [1.29, 1.82) is 5.26 Å². The molecule has 1 N–H and O–H groups in total. The van der Waals surface area contributed by atoms with Gasteiger partial charge in [-0.15, -0.1) is 0 Å². The number of nitrogens with zero attached hydrogens (tertiary/aromatic N) is 1. The van der Waals surface area contributed by atoms with Gasteiger partial charge < -0.3 is 14.8 Å². The van der Waals surface area contributed by atoms with Crippen LogP contribution >= 0.6 is 0 Å². The summed E-state index contributed by atoms with van der Waals surface area (Å²) in [5, 5.41) is 11.8. The second-order valence-corrected chi connectivity index (χ2v) is 5.63. The van der Waals surface area contributed by atoms with E-state index in [1.807, 2.05) is 30.3 Å². The molecule has 0 aromatic heterocycles. The highest BCUT2D eigenvalue weighted by molar-refractivity contribution is 5.81. The summed E-state index contributed by atoms with van der Waals surface area (Å²) in [5.74, 6) is 1.19. The second-order valence-electron chi connectivity index (χ2n) is 5.63. The standard InChI is InChI=1S/C19H18N2O3/c1-13(24-15-8-6-14(12-20)7-9-15)19(22)21-17-10-11-23-18-5-3-2-4-16(17)18/h2-9,13,17H,10-11H2,1H3,(H,21,22)/t13-,17+/m0/s1. The predicted octanol–water partition coefficient (Wildman–Crippen LogP) is 2.97. The molecule has 0 aliphatic carbocycles. The minimum Gasteiger partial charge on any atom is -0.493 e. The van der Waals surface area contributed by atoms with Crippen LogP contribution in [0.15, 0.2) is 48.5 Å². The number of hydrogen-bond acceptors (Lipinski definition) is 4. The SMILES string of the molecule is C[C@H](Oc1ccc(C#N)cc1)C(=O)N[C@@H]1CCOc2ccccc21. The second kappa shape index (κ2) is 7.05. The molecule has 0 saturated heterocycles. The van der Waals surface area contributed by atoms with Crippen LogP contribution in [-0.2, 0) is 4.79 Å². The quantitative estimate of drug-likeness (QED) is 0.939. The number of para-hydroxylation sites is 1. The van der Waals surface area contributed by atoms with Crippen LogP contribution in [0.4, 0.5) is 0 Å². The molecule has 3 rings (SSSR count). The van der Waals surface area contributed by atoms with Crippen LogP contribution in [0, 0.1) is 11.3 Å². The molecule has 1 aliphatic heterocycles. The third-order valence-corrected chi connectivity index (χ3v) is 3.94. The summed E-state index contributed by atoms with van der Waals surface area (Å²) >= 11 is 0. The third-order valence-electron chi connectivity index (χ3n) is 3.94. The van der Waals surface area contributed by atoms with E-state index < -0.39 is 6.10 Å². The predicted molar refractivity (Wildman–Crippen MR) is 88.7 cm³/mol. The fraction of sp³-hybridized carbons (Fsp3) is 0.263. The highest BCUT2D eigenvalue weighted by Crippen LogP contribution is 2.31. The van der Waals surface area contributed by atoms with Crippen molar-refractivity contribution < 1.29 is 14.3 Å². The van der Waals surface area contributed by atoms with E-state index in [-0.39, 0.29) is 11.9 Å². The molecule has 24 heavy (non-hydrogen) atoms. The fourth-order valence-electron chi connectivity index (χ4n) is 2.65. The van der Waals surface area contributed by atoms with E-state index >= 15 is 0 Å². The van der Waals surface area contributed by atoms with Gasteiger partial charge in [0.05, 0.1) is 24.3 Å². The number of benzene rings is 2. The highest BCUT2D eigenvalue weighted by atomic mass is 16.5. The molecule has 5 nitrogen and oxygen atoms in total. The van der Waals surface area contributed by atoms with Gasteiger partial charge in [-0.3, -0.25) is 4.79 Å². The van der Waals surface area contributed by atoms with E-state index in [1.54, 1.807) is 31.2 Å². The lowest BCUT2D eigenvalue weighted by Gasteiger charge is -2.27. The van der Waals surface area contributed by atoms with Gasteiger partial charge in [-0.1, -0.05) is 18.2 Å². The van der Waals surface area contributed by atoms with Crippen molar-refractivity contribution in [3.05, 3.63) is 59.7 Å². The Kier molecular flexibility index (Phi) is 4.66. The van der Waals surface area contributed by atoms with Crippen LogP contribution < -0.4 is 14.8 Å². The number of nitriles is 1. The molecule has 2 aromatic rings. The average Bonchev–Trinajstić information content (AvgIpc) is 2.62. The normalized spacial score (nSPS) is 16.9. The van der Waals surface area contributed by atoms with Crippen LogP contribution in [0.2, 0.25) is 0 Å². The van der Waals surface area contributed by atoms with Crippen molar-refractivity contribution >= 4 is 5.91 Å². The number of hydrogen-bond donors (Lipinski definition) is 1. The minimum atomic E-state index is -0.632. The van der Waals surface area contributed by atoms with E-state index in [0.717, 1.165) is 17.7 Å². The Bertz CT molecular complexity index is 765. The van der Waals surface area contributed by atoms with Gasteiger partial charge in [0, 0.05) is 12.0 Å². The van der Waals surface area contributed by atoms with E-state index in [9.17, 15) is 4.79 Å². The number of carbonyl (C=O) groups excluding carboxylic acids is 1. The zero-order valence-electron chi connectivity index (χ0n) is 13.4. The van der Waals surface area contributed by atoms with Gasteiger partial charge in [-0.25, -0.2) is 0 Å². The van der Waals surface area contributed by atoms with E-state index in [2.05, 4.69) is 5.32 Å². The summed E-state index contributed by atoms with van der Waals surface area (Å²) in [6.45, 7) is 2.28. The molecule has 0 radical (unpaired) electrons. The van der Waals surface area contributed by atoms with Gasteiger partial charge in [0.2, 0.25) is 0 Å². The molecule has 122 valence electrons. The van der Waals surface area contributed by atoms with E-state index in [0.29, 0.717) is 17.9 Å². The summed E-state index contributed by atoms with van der Waals surface area (Å²) in [6.07, 6.45) is 0.0970. The first-order valence-electron chi connectivity index (χ1n) is 7.86. The molecular weight excluding hydrogens is 304 g/mol. The summed E-state index contributed by atoms with van der Waals surface area (Å²) in [7, 11) is 0. The number of rotatable bonds is 4. The van der Waals surface area contributed by atoms with Crippen molar-refractivity contribution in [3.63, 3.8) is 0 Å². The highest BCUT2D eigenvalue weighted by Gasteiger charge is 2.25. The number of fused-ring (bicyclic) bond motifs is 1. The van der Waals surface area contributed by atoms with Crippen LogP contribution in [-0.4, -0.2) is 18.6 Å². The maximum atomic E-state index is 12.4. The Labute approximate surface area is 140 Å². The Morgan fingerprint density at radius 3 is 2.79 bits per heavy atom. The van der Waals surface area contributed by atoms with Crippen LogP contribution in [0.1, 0.15) is 30.5 Å². The maximum Gasteiger partial charge on any atom is 0.261 e. The molecule has 2 atom stereocenters. The van der Waals surface area contributed by atoms with Gasteiger partial charge in [0.1, 0.15) is 11.5 Å². The summed E-state index contributed by atoms with van der Waals surface area (Å²) in [4.78, 5) is 12.4. The molecule has 0 fully saturated rings. The summed E-state index contributed by atoms with van der Waals surface area (Å²) in [5.41, 5.74) is 1.54. The van der Waals surface area contributed by atoms with Crippen LogP contribution in [0.3, 0.4) is 0 Å². The average molecular weight is 322 g/mol. The number of carbonyl (C=O) groups is 1.